The quantitative estimate of drug-likeness (QED) is 0.891. The number of likely N-dealkylation sites (N-methyl/N-ethyl adjacent to an activating group) is 1. The van der Waals surface area contributed by atoms with Gasteiger partial charge in [-0.25, -0.2) is 4.98 Å². The Kier molecular flexibility index (Phi) is 5.51. The molecule has 1 amide bonds. The number of rotatable bonds is 5. The first kappa shape index (κ1) is 17.4. The van der Waals surface area contributed by atoms with Gasteiger partial charge in [0.25, 0.3) is 0 Å². The third kappa shape index (κ3) is 3.95. The van der Waals surface area contributed by atoms with Crippen molar-refractivity contribution in [2.45, 2.75) is 51.6 Å². The molecule has 0 bridgehead atoms. The molecule has 0 spiro atoms. The second-order valence-electron chi connectivity index (χ2n) is 7.05. The van der Waals surface area contributed by atoms with E-state index in [1.54, 1.807) is 11.3 Å². The van der Waals surface area contributed by atoms with Crippen molar-refractivity contribution in [1.29, 1.82) is 0 Å². The third-order valence-electron chi connectivity index (χ3n) is 5.18. The summed E-state index contributed by atoms with van der Waals surface area (Å²) >= 11 is 1.71. The van der Waals surface area contributed by atoms with Crippen LogP contribution in [0.3, 0.4) is 0 Å². The monoisotopic (exact) mass is 345 g/mol. The fourth-order valence-electron chi connectivity index (χ4n) is 3.40. The molecule has 5 heteroatoms. The van der Waals surface area contributed by atoms with Gasteiger partial charge in [0.05, 0.1) is 22.8 Å². The molecular formula is C19H27N3OS. The van der Waals surface area contributed by atoms with E-state index in [1.807, 2.05) is 25.2 Å². The maximum atomic E-state index is 12.4. The van der Waals surface area contributed by atoms with Crippen molar-refractivity contribution in [2.24, 2.45) is 5.92 Å². The second-order valence-corrected chi connectivity index (χ2v) is 8.11. The molecule has 1 saturated carbocycles. The number of amides is 1. The Labute approximate surface area is 148 Å². The minimum absolute atomic E-state index is 0.129. The molecule has 0 saturated heterocycles. The Hall–Kier alpha value is -1.46. The fraction of sp³-hybridized carbons (Fsp3) is 0.579. The number of hydrogen-bond donors (Lipinski definition) is 1. The van der Waals surface area contributed by atoms with E-state index in [1.165, 1.54) is 24.0 Å². The predicted molar refractivity (Wildman–Crippen MR) is 100 cm³/mol. The van der Waals surface area contributed by atoms with Gasteiger partial charge in [0.1, 0.15) is 5.01 Å². The predicted octanol–water partition coefficient (Wildman–Crippen LogP) is 3.98. The van der Waals surface area contributed by atoms with Crippen molar-refractivity contribution in [2.75, 3.05) is 13.6 Å². The van der Waals surface area contributed by atoms with Crippen molar-refractivity contribution in [3.63, 3.8) is 0 Å². The van der Waals surface area contributed by atoms with Crippen LogP contribution < -0.4 is 5.32 Å². The Morgan fingerprint density at radius 2 is 2.12 bits per heavy atom. The average Bonchev–Trinajstić information content (AvgIpc) is 3.00. The molecule has 1 heterocycles. The number of nitrogens with zero attached hydrogens (tertiary/aromatic N) is 2. The maximum Gasteiger partial charge on any atom is 0.234 e. The number of thiazole rings is 1. The molecule has 1 aromatic heterocycles. The van der Waals surface area contributed by atoms with E-state index < -0.39 is 0 Å². The minimum atomic E-state index is 0.129. The molecule has 0 unspecified atom stereocenters. The summed E-state index contributed by atoms with van der Waals surface area (Å²) in [4.78, 5) is 19.2. The van der Waals surface area contributed by atoms with Gasteiger partial charge < -0.3 is 5.32 Å². The van der Waals surface area contributed by atoms with E-state index in [9.17, 15) is 4.79 Å². The zero-order chi connectivity index (χ0) is 17.1. The first-order chi connectivity index (χ1) is 11.5. The average molecular weight is 346 g/mol. The molecule has 24 heavy (non-hydrogen) atoms. The van der Waals surface area contributed by atoms with Gasteiger partial charge in [0.15, 0.2) is 0 Å². The zero-order valence-corrected chi connectivity index (χ0v) is 15.6. The summed E-state index contributed by atoms with van der Waals surface area (Å²) in [5.41, 5.74) is 1.04. The summed E-state index contributed by atoms with van der Waals surface area (Å²) in [6, 6.07) is 8.67. The molecule has 4 nitrogen and oxygen atoms in total. The molecule has 1 fully saturated rings. The van der Waals surface area contributed by atoms with Crippen LogP contribution >= 0.6 is 11.3 Å². The summed E-state index contributed by atoms with van der Waals surface area (Å²) in [7, 11) is 2.00. The lowest BCUT2D eigenvalue weighted by Crippen LogP contribution is -2.45. The van der Waals surface area contributed by atoms with Crippen LogP contribution in [0, 0.1) is 5.92 Å². The molecule has 2 aromatic rings. The topological polar surface area (TPSA) is 45.2 Å². The van der Waals surface area contributed by atoms with Crippen LogP contribution in [0.5, 0.6) is 0 Å². The van der Waals surface area contributed by atoms with Gasteiger partial charge in [-0.2, -0.15) is 0 Å². The first-order valence-corrected chi connectivity index (χ1v) is 9.71. The number of carbonyl (C=O) groups excluding carboxylic acids is 1. The Morgan fingerprint density at radius 3 is 2.88 bits per heavy atom. The molecule has 3 atom stereocenters. The fourth-order valence-corrected chi connectivity index (χ4v) is 4.49. The Balaban J connectivity index is 1.58. The lowest BCUT2D eigenvalue weighted by Gasteiger charge is -2.30. The summed E-state index contributed by atoms with van der Waals surface area (Å²) in [5.74, 6) is 0.721. The van der Waals surface area contributed by atoms with E-state index in [0.717, 1.165) is 16.9 Å². The van der Waals surface area contributed by atoms with E-state index >= 15 is 0 Å². The normalized spacial score (nSPS) is 22.7. The largest absolute Gasteiger partial charge is 0.352 e. The van der Waals surface area contributed by atoms with Gasteiger partial charge in [-0.3, -0.25) is 9.69 Å². The van der Waals surface area contributed by atoms with Crippen LogP contribution in [0.25, 0.3) is 10.2 Å². The van der Waals surface area contributed by atoms with E-state index in [2.05, 4.69) is 30.1 Å². The molecule has 1 aliphatic rings. The molecular weight excluding hydrogens is 318 g/mol. The number of nitrogens with one attached hydrogen (secondary N) is 1. The van der Waals surface area contributed by atoms with Crippen LogP contribution in [-0.2, 0) is 4.79 Å². The van der Waals surface area contributed by atoms with Gasteiger partial charge in [-0.15, -0.1) is 11.3 Å². The second kappa shape index (κ2) is 7.62. The molecule has 1 aliphatic carbocycles. The number of para-hydroxylation sites is 1. The third-order valence-corrected chi connectivity index (χ3v) is 6.39. The van der Waals surface area contributed by atoms with Crippen LogP contribution in [0.1, 0.15) is 50.6 Å². The molecule has 0 radical (unpaired) electrons. The summed E-state index contributed by atoms with van der Waals surface area (Å²) < 4.78 is 1.20. The molecule has 3 rings (SSSR count). The number of benzene rings is 1. The lowest BCUT2D eigenvalue weighted by molar-refractivity contribution is -0.123. The molecule has 130 valence electrons. The highest BCUT2D eigenvalue weighted by atomic mass is 32.1. The van der Waals surface area contributed by atoms with Gasteiger partial charge in [-0.05, 0) is 44.9 Å². The van der Waals surface area contributed by atoms with Gasteiger partial charge in [0, 0.05) is 6.04 Å². The van der Waals surface area contributed by atoms with Crippen LogP contribution in [0.4, 0.5) is 0 Å². The van der Waals surface area contributed by atoms with Crippen LogP contribution in [0.2, 0.25) is 0 Å². The number of fused-ring (bicyclic) bond motifs is 1. The van der Waals surface area contributed by atoms with E-state index in [-0.39, 0.29) is 11.9 Å². The highest BCUT2D eigenvalue weighted by molar-refractivity contribution is 7.18. The minimum Gasteiger partial charge on any atom is -0.352 e. The van der Waals surface area contributed by atoms with Crippen molar-refractivity contribution in [1.82, 2.24) is 15.2 Å². The van der Waals surface area contributed by atoms with Crippen molar-refractivity contribution < 1.29 is 4.79 Å². The molecule has 1 N–H and O–H groups in total. The van der Waals surface area contributed by atoms with Gasteiger partial charge in [-0.1, -0.05) is 31.9 Å². The highest BCUT2D eigenvalue weighted by Crippen LogP contribution is 2.28. The Morgan fingerprint density at radius 1 is 1.38 bits per heavy atom. The van der Waals surface area contributed by atoms with E-state index in [4.69, 9.17) is 4.98 Å². The number of carbonyl (C=O) groups is 1. The van der Waals surface area contributed by atoms with Crippen LogP contribution in [-0.4, -0.2) is 35.4 Å². The van der Waals surface area contributed by atoms with E-state index in [0.29, 0.717) is 18.5 Å². The SMILES string of the molecule is C[C@H]1CCCC[C@H]1NC(=O)CN(C)[C@@H](C)c1nc2ccccc2s1. The number of hydrogen-bond acceptors (Lipinski definition) is 4. The zero-order valence-electron chi connectivity index (χ0n) is 14.8. The van der Waals surface area contributed by atoms with Crippen LogP contribution in [0.15, 0.2) is 24.3 Å². The molecule has 1 aromatic carbocycles. The first-order valence-electron chi connectivity index (χ1n) is 8.89. The van der Waals surface area contributed by atoms with Crippen molar-refractivity contribution in [3.05, 3.63) is 29.3 Å². The van der Waals surface area contributed by atoms with Crippen molar-refractivity contribution in [3.8, 4) is 0 Å². The maximum absolute atomic E-state index is 12.4. The standard InChI is InChI=1S/C19H27N3OS/c1-13-8-4-5-9-15(13)20-18(23)12-22(3)14(2)19-21-16-10-6-7-11-17(16)24-19/h6-7,10-11,13-15H,4-5,8-9,12H2,1-3H3,(H,20,23)/t13-,14-,15+/m0/s1. The summed E-state index contributed by atoms with van der Waals surface area (Å²) in [6.07, 6.45) is 4.86. The van der Waals surface area contributed by atoms with Gasteiger partial charge in [0.2, 0.25) is 5.91 Å². The highest BCUT2D eigenvalue weighted by Gasteiger charge is 2.24. The smallest absolute Gasteiger partial charge is 0.234 e. The number of aromatic nitrogens is 1. The lowest BCUT2D eigenvalue weighted by atomic mass is 9.86. The van der Waals surface area contributed by atoms with Crippen molar-refractivity contribution >= 4 is 27.5 Å². The Bertz CT molecular complexity index is 666. The summed E-state index contributed by atoms with van der Waals surface area (Å²) in [5, 5.41) is 4.30. The summed E-state index contributed by atoms with van der Waals surface area (Å²) in [6.45, 7) is 4.78. The van der Waals surface area contributed by atoms with Gasteiger partial charge >= 0.3 is 0 Å². The molecule has 0 aliphatic heterocycles.